The van der Waals surface area contributed by atoms with Gasteiger partial charge in [-0.3, -0.25) is 4.21 Å². The number of benzene rings is 1. The van der Waals surface area contributed by atoms with Crippen molar-refractivity contribution in [1.29, 1.82) is 0 Å². The molecule has 0 amide bonds. The molecule has 0 aliphatic heterocycles. The Morgan fingerprint density at radius 1 is 1.36 bits per heavy atom. The van der Waals surface area contributed by atoms with Crippen molar-refractivity contribution >= 4 is 50.1 Å². The maximum atomic E-state index is 11.4. The van der Waals surface area contributed by atoms with Gasteiger partial charge in [0.05, 0.1) is 4.47 Å². The van der Waals surface area contributed by atoms with Gasteiger partial charge in [0.15, 0.2) is 0 Å². The number of thioether (sulfide) groups is 1. The first-order valence-corrected chi connectivity index (χ1v) is 10.1. The summed E-state index contributed by atoms with van der Waals surface area (Å²) >= 11 is 5.21. The first-order chi connectivity index (χ1) is 10.5. The lowest BCUT2D eigenvalue weighted by Crippen LogP contribution is -2.01. The summed E-state index contributed by atoms with van der Waals surface area (Å²) in [6.07, 6.45) is 4.51. The number of nitrogens with one attached hydrogen (secondary N) is 1. The second-order valence-electron chi connectivity index (χ2n) is 4.79. The Morgan fingerprint density at radius 2 is 2.05 bits per heavy atom. The van der Waals surface area contributed by atoms with Crippen molar-refractivity contribution in [3.05, 3.63) is 34.9 Å². The Hall–Kier alpha value is -0.920. The number of aromatic nitrogens is 2. The van der Waals surface area contributed by atoms with E-state index in [-0.39, 0.29) is 0 Å². The smallest absolute Gasteiger partial charge is 0.228 e. The molecule has 1 aromatic carbocycles. The van der Waals surface area contributed by atoms with Gasteiger partial charge in [0.2, 0.25) is 5.95 Å². The molecule has 1 N–H and O–H groups in total. The van der Waals surface area contributed by atoms with Crippen LogP contribution < -0.4 is 5.32 Å². The van der Waals surface area contributed by atoms with E-state index in [4.69, 9.17) is 0 Å². The minimum atomic E-state index is -0.967. The van der Waals surface area contributed by atoms with Gasteiger partial charge in [-0.05, 0) is 46.6 Å². The molecular weight excluding hydrogens is 382 g/mol. The lowest BCUT2D eigenvalue weighted by atomic mass is 10.3. The van der Waals surface area contributed by atoms with E-state index in [9.17, 15) is 4.21 Å². The molecule has 1 aromatic heterocycles. The summed E-state index contributed by atoms with van der Waals surface area (Å²) in [5.41, 5.74) is 0.871. The Morgan fingerprint density at radius 3 is 2.64 bits per heavy atom. The lowest BCUT2D eigenvalue weighted by molar-refractivity contribution is 0.687. The second-order valence-corrected chi connectivity index (χ2v) is 8.45. The summed E-state index contributed by atoms with van der Waals surface area (Å²) in [7, 11) is -0.967. The highest BCUT2D eigenvalue weighted by Crippen LogP contribution is 2.30. The average Bonchev–Trinajstić information content (AvgIpc) is 2.51. The molecule has 0 spiro atoms. The van der Waals surface area contributed by atoms with E-state index < -0.39 is 10.8 Å². The van der Waals surface area contributed by atoms with Crippen LogP contribution in [0.3, 0.4) is 0 Å². The Labute approximate surface area is 146 Å². The van der Waals surface area contributed by atoms with Gasteiger partial charge in [-0.25, -0.2) is 9.97 Å². The maximum absolute atomic E-state index is 11.4. The highest BCUT2D eigenvalue weighted by molar-refractivity contribution is 9.10. The molecule has 2 rings (SSSR count). The summed E-state index contributed by atoms with van der Waals surface area (Å²) in [5.74, 6) is 0.555. The zero-order chi connectivity index (χ0) is 16.1. The fraction of sp³-hybridized carbons (Fsp3) is 0.333. The van der Waals surface area contributed by atoms with Crippen LogP contribution >= 0.6 is 27.7 Å². The molecule has 1 heterocycles. The van der Waals surface area contributed by atoms with Crippen LogP contribution in [0.4, 0.5) is 11.6 Å². The third kappa shape index (κ3) is 4.79. The van der Waals surface area contributed by atoms with Gasteiger partial charge in [-0.1, -0.05) is 13.8 Å². The highest BCUT2D eigenvalue weighted by Gasteiger charge is 2.10. The van der Waals surface area contributed by atoms with Crippen molar-refractivity contribution in [2.45, 2.75) is 35.4 Å². The number of nitrogens with zero attached hydrogens (tertiary/aromatic N) is 2. The van der Waals surface area contributed by atoms with E-state index in [0.717, 1.165) is 26.5 Å². The fourth-order valence-electron chi connectivity index (χ4n) is 1.63. The van der Waals surface area contributed by atoms with Gasteiger partial charge in [0, 0.05) is 39.1 Å². The molecule has 7 heteroatoms. The number of rotatable bonds is 6. The third-order valence-corrected chi connectivity index (χ3v) is 6.09. The third-order valence-electron chi connectivity index (χ3n) is 3.04. The van der Waals surface area contributed by atoms with Gasteiger partial charge in [0.1, 0.15) is 5.03 Å². The molecule has 0 bridgehead atoms. The Kier molecular flexibility index (Phi) is 6.40. The topological polar surface area (TPSA) is 54.9 Å². The molecule has 4 nitrogen and oxygen atoms in total. The van der Waals surface area contributed by atoms with E-state index in [2.05, 4.69) is 45.1 Å². The van der Waals surface area contributed by atoms with Gasteiger partial charge in [-0.15, -0.1) is 11.8 Å². The van der Waals surface area contributed by atoms with Crippen LogP contribution in [0.25, 0.3) is 0 Å². The zero-order valence-electron chi connectivity index (χ0n) is 12.7. The molecule has 2 aromatic rings. The minimum absolute atomic E-state index is 0.498. The van der Waals surface area contributed by atoms with Gasteiger partial charge in [0.25, 0.3) is 0 Å². The molecule has 0 fully saturated rings. The highest BCUT2D eigenvalue weighted by atomic mass is 79.9. The van der Waals surface area contributed by atoms with E-state index in [1.165, 1.54) is 0 Å². The molecule has 118 valence electrons. The summed E-state index contributed by atoms with van der Waals surface area (Å²) in [6.45, 7) is 4.33. The van der Waals surface area contributed by atoms with Crippen molar-refractivity contribution in [2.75, 3.05) is 11.6 Å². The molecule has 22 heavy (non-hydrogen) atoms. The molecule has 2 unspecified atom stereocenters. The van der Waals surface area contributed by atoms with Crippen molar-refractivity contribution in [3.63, 3.8) is 0 Å². The molecule has 0 aliphatic carbocycles. The molecule has 0 radical (unpaired) electrons. The number of hydrogen-bond acceptors (Lipinski definition) is 5. The summed E-state index contributed by atoms with van der Waals surface area (Å²) in [5, 5.41) is 4.60. The normalized spacial score (nSPS) is 13.6. The van der Waals surface area contributed by atoms with Crippen molar-refractivity contribution in [1.82, 2.24) is 9.97 Å². The SMILES string of the molecule is CCC(C)Sc1nc(Nc2ccc(S(C)=O)cc2)ncc1Br. The first-order valence-electron chi connectivity index (χ1n) is 6.89. The molecular formula is C15H18BrN3OS2. The van der Waals surface area contributed by atoms with Crippen LogP contribution in [0.1, 0.15) is 20.3 Å². The first kappa shape index (κ1) is 17.4. The van der Waals surface area contributed by atoms with Gasteiger partial charge < -0.3 is 5.32 Å². The standard InChI is InChI=1S/C15H18BrN3OS2/c1-4-10(2)21-14-13(16)9-17-15(19-14)18-11-5-7-12(8-6-11)22(3)20/h5-10H,4H2,1-3H3,(H,17,18,19). The zero-order valence-corrected chi connectivity index (χ0v) is 15.9. The van der Waals surface area contributed by atoms with E-state index in [1.807, 2.05) is 24.3 Å². The largest absolute Gasteiger partial charge is 0.324 e. The van der Waals surface area contributed by atoms with Crippen LogP contribution in [0.2, 0.25) is 0 Å². The van der Waals surface area contributed by atoms with Crippen LogP contribution in [0.5, 0.6) is 0 Å². The number of hydrogen-bond donors (Lipinski definition) is 1. The Bertz CT molecular complexity index is 664. The predicted octanol–water partition coefficient (Wildman–Crippen LogP) is 4.61. The molecule has 0 saturated carbocycles. The maximum Gasteiger partial charge on any atom is 0.228 e. The van der Waals surface area contributed by atoms with Crippen molar-refractivity contribution in [2.24, 2.45) is 0 Å². The molecule has 0 aliphatic rings. The summed E-state index contributed by atoms with van der Waals surface area (Å²) < 4.78 is 12.3. The molecule has 2 atom stereocenters. The minimum Gasteiger partial charge on any atom is -0.324 e. The summed E-state index contributed by atoms with van der Waals surface area (Å²) in [6, 6.07) is 7.44. The second kappa shape index (κ2) is 8.08. The monoisotopic (exact) mass is 399 g/mol. The van der Waals surface area contributed by atoms with E-state index >= 15 is 0 Å². The summed E-state index contributed by atoms with van der Waals surface area (Å²) in [4.78, 5) is 9.63. The van der Waals surface area contributed by atoms with Crippen LogP contribution in [0, 0.1) is 0 Å². The van der Waals surface area contributed by atoms with Crippen LogP contribution in [-0.4, -0.2) is 25.7 Å². The number of halogens is 1. The van der Waals surface area contributed by atoms with E-state index in [0.29, 0.717) is 11.2 Å². The van der Waals surface area contributed by atoms with Crippen LogP contribution in [0.15, 0.2) is 44.9 Å². The molecule has 0 saturated heterocycles. The number of anilines is 2. The quantitative estimate of drug-likeness (QED) is 0.567. The van der Waals surface area contributed by atoms with Gasteiger partial charge in [-0.2, -0.15) is 0 Å². The van der Waals surface area contributed by atoms with Crippen LogP contribution in [-0.2, 0) is 10.8 Å². The van der Waals surface area contributed by atoms with Gasteiger partial charge >= 0.3 is 0 Å². The predicted molar refractivity (Wildman–Crippen MR) is 97.4 cm³/mol. The van der Waals surface area contributed by atoms with Crippen molar-refractivity contribution < 1.29 is 4.21 Å². The lowest BCUT2D eigenvalue weighted by Gasteiger charge is -2.11. The van der Waals surface area contributed by atoms with E-state index in [1.54, 1.807) is 24.2 Å². The fourth-order valence-corrected chi connectivity index (χ4v) is 3.47. The Balaban J connectivity index is 2.15. The van der Waals surface area contributed by atoms with Crippen molar-refractivity contribution in [3.8, 4) is 0 Å². The average molecular weight is 400 g/mol.